The van der Waals surface area contributed by atoms with E-state index in [1.807, 2.05) is 26.1 Å². The SMILES string of the molecule is CCCN(OCC)C(=O)C1=Cc2ncc(C3=CNC(NCCOCCOCCOCCOCCOCCOCCOCCOCCOCCOCC=NC(=O)CN4CC=CC4=O)NC3)cc2N=C(N)C1. The number of nitrogens with zero attached hydrogens (tertiary/aromatic N) is 5. The highest BCUT2D eigenvalue weighted by atomic mass is 16.7. The molecule has 23 heteroatoms. The lowest BCUT2D eigenvalue weighted by Crippen LogP contribution is -2.54. The fourth-order valence-corrected chi connectivity index (χ4v) is 6.50. The van der Waals surface area contributed by atoms with Crippen LogP contribution in [0.15, 0.2) is 46.2 Å². The summed E-state index contributed by atoms with van der Waals surface area (Å²) in [4.78, 5) is 56.3. The highest BCUT2D eigenvalue weighted by molar-refractivity contribution is 6.05. The second-order valence-corrected chi connectivity index (χ2v) is 15.4. The van der Waals surface area contributed by atoms with Crippen molar-refractivity contribution < 1.29 is 66.6 Å². The molecule has 5 N–H and O–H groups in total. The molecule has 1 aromatic heterocycles. The number of nitrogens with one attached hydrogen (secondary N) is 3. The molecule has 1 aromatic rings. The highest BCUT2D eigenvalue weighted by Crippen LogP contribution is 2.29. The minimum Gasteiger partial charge on any atom is -0.387 e. The summed E-state index contributed by atoms with van der Waals surface area (Å²) in [5.74, 6) is -0.455. The van der Waals surface area contributed by atoms with Crippen molar-refractivity contribution in [3.8, 4) is 0 Å². The number of hydrogen-bond donors (Lipinski definition) is 4. The summed E-state index contributed by atoms with van der Waals surface area (Å²) in [5.41, 5.74) is 9.81. The molecule has 0 radical (unpaired) electrons. The first-order valence-electron chi connectivity index (χ1n) is 24.1. The number of carbonyl (C=O) groups is 3. The van der Waals surface area contributed by atoms with Gasteiger partial charge in [0.25, 0.3) is 11.8 Å². The van der Waals surface area contributed by atoms with Crippen LogP contribution in [-0.4, -0.2) is 222 Å². The fraction of sp³-hybridized carbons (Fsp3) is 0.660. The molecule has 1 unspecified atom stereocenters. The van der Waals surface area contributed by atoms with Crippen molar-refractivity contribution in [2.45, 2.75) is 33.0 Å². The van der Waals surface area contributed by atoms with E-state index in [9.17, 15) is 14.4 Å². The van der Waals surface area contributed by atoms with Gasteiger partial charge in [0.15, 0.2) is 0 Å². The summed E-state index contributed by atoms with van der Waals surface area (Å²) >= 11 is 0. The van der Waals surface area contributed by atoms with Gasteiger partial charge >= 0.3 is 0 Å². The molecule has 0 saturated heterocycles. The molecule has 0 fully saturated rings. The summed E-state index contributed by atoms with van der Waals surface area (Å²) in [6, 6.07) is 1.93. The van der Waals surface area contributed by atoms with Crippen LogP contribution in [0.3, 0.4) is 0 Å². The molecule has 392 valence electrons. The summed E-state index contributed by atoms with van der Waals surface area (Å²) in [5, 5.41) is 11.5. The van der Waals surface area contributed by atoms with E-state index in [1.165, 1.54) is 22.3 Å². The Morgan fingerprint density at radius 2 is 1.39 bits per heavy atom. The normalized spacial score (nSPS) is 15.7. The Bertz CT molecular complexity index is 1810. The van der Waals surface area contributed by atoms with Crippen LogP contribution in [0.1, 0.15) is 37.9 Å². The number of rotatable bonds is 41. The Hall–Kier alpha value is -4.60. The highest BCUT2D eigenvalue weighted by Gasteiger charge is 2.23. The maximum absolute atomic E-state index is 13.2. The molecule has 70 heavy (non-hydrogen) atoms. The second kappa shape index (κ2) is 37.2. The first-order chi connectivity index (χ1) is 34.4. The third kappa shape index (κ3) is 25.0. The Balaban J connectivity index is 0.838. The van der Waals surface area contributed by atoms with Crippen LogP contribution < -0.4 is 21.7 Å². The van der Waals surface area contributed by atoms with Crippen LogP contribution in [0.5, 0.6) is 0 Å². The lowest BCUT2D eigenvalue weighted by Gasteiger charge is -2.26. The van der Waals surface area contributed by atoms with Crippen LogP contribution in [0.4, 0.5) is 5.69 Å². The first kappa shape index (κ1) is 58.0. The number of fused-ring (bicyclic) bond motifs is 1. The Labute approximate surface area is 411 Å². The quantitative estimate of drug-likeness (QED) is 0.0398. The van der Waals surface area contributed by atoms with Gasteiger partial charge in [-0.1, -0.05) is 13.0 Å². The van der Waals surface area contributed by atoms with E-state index in [4.69, 9.17) is 57.9 Å². The van der Waals surface area contributed by atoms with Gasteiger partial charge in [-0.3, -0.25) is 34.8 Å². The molecule has 0 aliphatic carbocycles. The molecule has 4 heterocycles. The zero-order valence-corrected chi connectivity index (χ0v) is 40.9. The number of hydroxylamine groups is 2. The molecule has 0 bridgehead atoms. The lowest BCUT2D eigenvalue weighted by molar-refractivity contribution is -0.180. The van der Waals surface area contributed by atoms with Crippen LogP contribution >= 0.6 is 0 Å². The maximum atomic E-state index is 13.2. The summed E-state index contributed by atoms with van der Waals surface area (Å²) in [6.07, 6.45) is 10.9. The van der Waals surface area contributed by atoms with Crippen LogP contribution in [0, 0.1) is 0 Å². The number of nitrogens with two attached hydrogens (primary N) is 1. The van der Waals surface area contributed by atoms with Gasteiger partial charge in [-0.15, -0.1) is 0 Å². The van der Waals surface area contributed by atoms with Gasteiger partial charge in [0.1, 0.15) is 18.7 Å². The summed E-state index contributed by atoms with van der Waals surface area (Å²) in [7, 11) is 0. The zero-order chi connectivity index (χ0) is 49.7. The molecule has 4 rings (SSSR count). The van der Waals surface area contributed by atoms with E-state index >= 15 is 0 Å². The molecule has 3 aliphatic heterocycles. The van der Waals surface area contributed by atoms with Crippen molar-refractivity contribution in [2.24, 2.45) is 15.7 Å². The standard InChI is InChI=1S/C47H75N9O14/c1-3-9-56(70-4-2)46(59)38-31-41-42(54-43(48)33-38)32-39(34-51-41)40-35-52-47(53-36-40)50-8-12-61-14-16-63-18-20-65-22-24-67-26-28-69-30-29-68-27-25-66-23-21-64-19-17-62-15-13-60-11-7-49-44(57)37-55-10-5-6-45(55)58/h5-7,31-32,34-35,47,50,52-53H,3-4,8-30,33,36-37H2,1-2H3,(H2,48,54). The van der Waals surface area contributed by atoms with Crippen LogP contribution in [0.25, 0.3) is 11.6 Å². The molecular formula is C47H75N9O14. The fourth-order valence-electron chi connectivity index (χ4n) is 6.50. The van der Waals surface area contributed by atoms with Gasteiger partial charge in [-0.25, -0.2) is 15.0 Å². The molecule has 0 saturated carbocycles. The third-order valence-corrected chi connectivity index (χ3v) is 9.94. The zero-order valence-electron chi connectivity index (χ0n) is 40.9. The van der Waals surface area contributed by atoms with E-state index in [2.05, 4.69) is 30.9 Å². The number of amides is 3. The Morgan fingerprint density at radius 3 is 1.89 bits per heavy atom. The number of hydrogen-bond acceptors (Lipinski definition) is 20. The van der Waals surface area contributed by atoms with Crippen LogP contribution in [0.2, 0.25) is 0 Å². The number of aliphatic imine (C=N–C) groups is 2. The van der Waals surface area contributed by atoms with Gasteiger partial charge < -0.3 is 63.3 Å². The third-order valence-electron chi connectivity index (χ3n) is 9.94. The largest absolute Gasteiger partial charge is 0.387 e. The smallest absolute Gasteiger partial charge is 0.273 e. The Kier molecular flexibility index (Phi) is 30.8. The van der Waals surface area contributed by atoms with Crippen molar-refractivity contribution in [1.82, 2.24) is 30.9 Å². The lowest BCUT2D eigenvalue weighted by atomic mass is 10.1. The molecular weight excluding hydrogens is 915 g/mol. The molecule has 23 nitrogen and oxygen atoms in total. The van der Waals surface area contributed by atoms with E-state index in [1.54, 1.807) is 18.3 Å². The number of aromatic nitrogens is 1. The number of pyridine rings is 1. The van der Waals surface area contributed by atoms with Gasteiger partial charge in [0.2, 0.25) is 5.91 Å². The predicted molar refractivity (Wildman–Crippen MR) is 260 cm³/mol. The second-order valence-electron chi connectivity index (χ2n) is 15.4. The van der Waals surface area contributed by atoms with E-state index in [0.717, 1.165) is 17.6 Å². The van der Waals surface area contributed by atoms with E-state index < -0.39 is 0 Å². The van der Waals surface area contributed by atoms with Crippen molar-refractivity contribution >= 4 is 47.1 Å². The molecule has 3 aliphatic rings. The average Bonchev–Trinajstić information content (AvgIpc) is 3.68. The molecule has 1 atom stereocenters. The van der Waals surface area contributed by atoms with Gasteiger partial charge in [-0.2, -0.15) is 0 Å². The summed E-state index contributed by atoms with van der Waals surface area (Å²) in [6.45, 7) is 15.3. The number of amidine groups is 1. The van der Waals surface area contributed by atoms with Crippen molar-refractivity contribution in [2.75, 3.05) is 171 Å². The van der Waals surface area contributed by atoms with Crippen molar-refractivity contribution in [3.05, 3.63) is 47.4 Å². The maximum Gasteiger partial charge on any atom is 0.273 e. The minimum atomic E-state index is -0.389. The monoisotopic (exact) mass is 990 g/mol. The van der Waals surface area contributed by atoms with E-state index in [-0.39, 0.29) is 43.6 Å². The van der Waals surface area contributed by atoms with Gasteiger partial charge in [0.05, 0.1) is 150 Å². The van der Waals surface area contributed by atoms with Gasteiger partial charge in [-0.05, 0) is 31.1 Å². The molecule has 0 aromatic carbocycles. The minimum absolute atomic E-state index is 0.0349. The average molecular weight is 990 g/mol. The summed E-state index contributed by atoms with van der Waals surface area (Å²) < 4.78 is 55.1. The number of ether oxygens (including phenoxy) is 10. The molecule has 0 spiro atoms. The van der Waals surface area contributed by atoms with Crippen molar-refractivity contribution in [1.29, 1.82) is 0 Å². The predicted octanol–water partition coefficient (Wildman–Crippen LogP) is 0.616. The van der Waals surface area contributed by atoms with E-state index in [0.29, 0.717) is 181 Å². The topological polar surface area (TPSA) is 259 Å². The number of carbonyl (C=O) groups excluding carboxylic acids is 3. The first-order valence-corrected chi connectivity index (χ1v) is 24.1. The Morgan fingerprint density at radius 1 is 0.829 bits per heavy atom. The van der Waals surface area contributed by atoms with Gasteiger partial charge in [0, 0.05) is 68.4 Å². The van der Waals surface area contributed by atoms with Crippen molar-refractivity contribution in [3.63, 3.8) is 0 Å². The van der Waals surface area contributed by atoms with Crippen LogP contribution in [-0.2, 0) is 66.6 Å². The molecule has 3 amide bonds.